The van der Waals surface area contributed by atoms with Gasteiger partial charge in [-0.3, -0.25) is 0 Å². The highest BCUT2D eigenvalue weighted by Gasteiger charge is 2.34. The van der Waals surface area contributed by atoms with Crippen molar-refractivity contribution in [1.82, 2.24) is 19.9 Å². The Kier molecular flexibility index (Phi) is 17.6. The molecule has 22 aromatic rings. The first-order chi connectivity index (χ1) is 63.5. The van der Waals surface area contributed by atoms with E-state index in [0.29, 0.717) is 0 Å². The van der Waals surface area contributed by atoms with Gasteiger partial charge < -0.3 is 9.97 Å². The van der Waals surface area contributed by atoms with Crippen LogP contribution in [0.15, 0.2) is 461 Å². The monoisotopic (exact) mass is 1620 g/mol. The molecule has 25 rings (SSSR count). The molecule has 0 unspecified atom stereocenters. The van der Waals surface area contributed by atoms with Gasteiger partial charge in [-0.1, -0.05) is 388 Å². The second kappa shape index (κ2) is 30.5. The molecule has 3 aliphatic rings. The molecule has 0 spiro atoms. The molecule has 0 amide bonds. The van der Waals surface area contributed by atoms with Crippen LogP contribution in [0.1, 0.15) is 0 Å². The Morgan fingerprint density at radius 3 is 0.492 bits per heavy atom. The minimum Gasteiger partial charge on any atom is -0.353 e. The van der Waals surface area contributed by atoms with Gasteiger partial charge in [0.25, 0.3) is 0 Å². The Hall–Kier alpha value is -16.9. The molecule has 2 N–H and O–H groups in total. The number of aromatic nitrogens is 4. The van der Waals surface area contributed by atoms with Gasteiger partial charge in [-0.2, -0.15) is 0 Å². The fourth-order valence-corrected chi connectivity index (χ4v) is 20.3. The van der Waals surface area contributed by atoms with Crippen molar-refractivity contribution in [3.63, 3.8) is 0 Å². The molecule has 1 aliphatic carbocycles. The van der Waals surface area contributed by atoms with Crippen molar-refractivity contribution in [3.05, 3.63) is 461 Å². The van der Waals surface area contributed by atoms with Gasteiger partial charge in [0.2, 0.25) is 0 Å². The zero-order chi connectivity index (χ0) is 84.3. The highest BCUT2D eigenvalue weighted by atomic mass is 14.8. The first kappa shape index (κ1) is 73.8. The van der Waals surface area contributed by atoms with Gasteiger partial charge in [-0.05, 0) is 227 Å². The number of nitrogens with zero attached hydrogens (tertiary/aromatic N) is 2. The van der Waals surface area contributed by atoms with Gasteiger partial charge in [0.1, 0.15) is 0 Å². The van der Waals surface area contributed by atoms with Gasteiger partial charge in [-0.25, -0.2) is 9.97 Å². The van der Waals surface area contributed by atoms with E-state index in [-0.39, 0.29) is 0 Å². The zero-order valence-corrected chi connectivity index (χ0v) is 69.8. The number of fused-ring (bicyclic) bond motifs is 4. The van der Waals surface area contributed by atoms with E-state index >= 15 is 0 Å². The zero-order valence-electron chi connectivity index (χ0n) is 69.8. The summed E-state index contributed by atoms with van der Waals surface area (Å²) in [5.41, 5.74) is 36.1. The van der Waals surface area contributed by atoms with Crippen LogP contribution >= 0.6 is 0 Å². The normalized spacial score (nSPS) is 11.8. The molecule has 4 nitrogen and oxygen atoms in total. The number of H-pyrrole nitrogens is 2. The van der Waals surface area contributed by atoms with Gasteiger partial charge in [0.05, 0.1) is 44.8 Å². The van der Waals surface area contributed by atoms with E-state index in [0.717, 1.165) is 265 Å². The van der Waals surface area contributed by atoms with Gasteiger partial charge >= 0.3 is 0 Å². The van der Waals surface area contributed by atoms with E-state index in [9.17, 15) is 0 Å². The van der Waals surface area contributed by atoms with Crippen molar-refractivity contribution >= 4 is 86.7 Å². The molecule has 2 aromatic heterocycles. The van der Waals surface area contributed by atoms with Crippen molar-refractivity contribution in [2.24, 2.45) is 0 Å². The number of hydrogen-bond donors (Lipinski definition) is 2. The molecule has 0 atom stereocenters. The molecule has 2 aliphatic heterocycles. The summed E-state index contributed by atoms with van der Waals surface area (Å²) in [5.74, 6) is 0. The maximum atomic E-state index is 6.78. The average Bonchev–Trinajstić information content (AvgIpc) is 1.54. The molecule has 0 saturated heterocycles. The van der Waals surface area contributed by atoms with E-state index in [1.807, 2.05) is 0 Å². The van der Waals surface area contributed by atoms with Gasteiger partial charge in [0.15, 0.2) is 0 Å². The number of rotatable bonds is 12. The number of aromatic amines is 2. The summed E-state index contributed by atoms with van der Waals surface area (Å²) < 4.78 is 0. The molecular weight excluding hydrogens is 1550 g/mol. The summed E-state index contributed by atoms with van der Waals surface area (Å²) in [7, 11) is 0. The van der Waals surface area contributed by atoms with Crippen molar-refractivity contribution in [2.45, 2.75) is 0 Å². The first-order valence-electron chi connectivity index (χ1n) is 44.1. The third kappa shape index (κ3) is 12.5. The van der Waals surface area contributed by atoms with E-state index in [2.05, 4.69) is 471 Å². The molecule has 4 heteroatoms. The highest BCUT2D eigenvalue weighted by molar-refractivity contribution is 6.27. The molecule has 0 fully saturated rings. The van der Waals surface area contributed by atoms with E-state index in [1.165, 1.54) is 0 Å². The smallest absolute Gasteiger partial charge is 0.0816 e. The largest absolute Gasteiger partial charge is 0.353 e. The minimum absolute atomic E-state index is 0.823. The Balaban J connectivity index is 0.995. The van der Waals surface area contributed by atoms with Crippen LogP contribution in [-0.2, 0) is 0 Å². The van der Waals surface area contributed by atoms with E-state index in [4.69, 9.17) is 9.97 Å². The summed E-state index contributed by atoms with van der Waals surface area (Å²) in [4.78, 5) is 22.9. The molecule has 128 heavy (non-hydrogen) atoms. The van der Waals surface area contributed by atoms with Crippen molar-refractivity contribution in [3.8, 4) is 179 Å². The summed E-state index contributed by atoms with van der Waals surface area (Å²) in [5, 5.41) is 12.9. The minimum atomic E-state index is 0.823. The summed E-state index contributed by atoms with van der Waals surface area (Å²) >= 11 is 0. The first-order valence-corrected chi connectivity index (χ1v) is 44.1. The highest BCUT2D eigenvalue weighted by Crippen LogP contribution is 2.58. The molecule has 0 saturated carbocycles. The lowest BCUT2D eigenvalue weighted by Crippen LogP contribution is -1.93. The molecule has 0 radical (unpaired) electrons. The maximum Gasteiger partial charge on any atom is 0.0816 e. The molecule has 594 valence electrons. The number of hydrogen-bond acceptors (Lipinski definition) is 2. The topological polar surface area (TPSA) is 57.4 Å². The second-order valence-electron chi connectivity index (χ2n) is 33.8. The fraction of sp³-hybridized carbons (Fsp3) is 0. The molecular formula is C124H78N4. The van der Waals surface area contributed by atoms with Crippen LogP contribution in [0.5, 0.6) is 0 Å². The van der Waals surface area contributed by atoms with Crippen LogP contribution in [0, 0.1) is 0 Å². The predicted molar refractivity (Wildman–Crippen MR) is 540 cm³/mol. The molecule has 20 aromatic carbocycles. The number of benzene rings is 20. The van der Waals surface area contributed by atoms with Crippen LogP contribution in [0.4, 0.5) is 0 Å². The third-order valence-electron chi connectivity index (χ3n) is 26.5. The Labute approximate surface area is 741 Å². The molecule has 4 heterocycles. The summed E-state index contributed by atoms with van der Waals surface area (Å²) in [6.45, 7) is 0. The summed E-state index contributed by atoms with van der Waals surface area (Å²) in [6.07, 6.45) is 0. The lowest BCUT2D eigenvalue weighted by molar-refractivity contribution is 1.39. The Bertz CT molecular complexity index is 7620. The molecule has 8 bridgehead atoms. The van der Waals surface area contributed by atoms with Crippen LogP contribution < -0.4 is 0 Å². The Morgan fingerprint density at radius 2 is 0.297 bits per heavy atom. The Morgan fingerprint density at radius 1 is 0.125 bits per heavy atom. The van der Waals surface area contributed by atoms with Crippen molar-refractivity contribution in [1.29, 1.82) is 0 Å². The van der Waals surface area contributed by atoms with E-state index in [1.54, 1.807) is 0 Å². The van der Waals surface area contributed by atoms with Crippen molar-refractivity contribution in [2.75, 3.05) is 0 Å². The van der Waals surface area contributed by atoms with E-state index < -0.39 is 0 Å². The predicted octanol–water partition coefficient (Wildman–Crippen LogP) is 33.9. The van der Waals surface area contributed by atoms with Crippen LogP contribution in [-0.4, -0.2) is 19.9 Å². The fourth-order valence-electron chi connectivity index (χ4n) is 20.3. The van der Waals surface area contributed by atoms with Crippen LogP contribution in [0.3, 0.4) is 0 Å². The number of nitrogens with one attached hydrogen (secondary N) is 2. The average molecular weight is 1620 g/mol. The van der Waals surface area contributed by atoms with Crippen molar-refractivity contribution < 1.29 is 0 Å². The standard InChI is InChI=1S/C124H78N4/c1-9-33-77(34-10-1)93-57-61-97(101(65-93)81-41-17-5-18-42-81)113-117-105-69-85-49-25-27-51-87(85)71-107(105)119(125-117)114(98-62-58-94(78-35-11-2-12-36-78)66-102(98)82-43-19-6-20-44-82)121-109-73-89-53-29-31-55-91(89)75-111(109)123(127-121)116(100-64-60-96(80-39-15-4-16-40-80)68-104(100)84-47-23-8-24-48-84)124-112-76-92-56-32-30-54-90(92)74-110(112)122(128-124)115(120-108-72-88-52-28-26-50-86(88)70-106(108)118(113)126-120)99-63-59-95(79-37-13-3-14-38-79)67-103(99)83-45-21-7-22-46-83/h1-76,125,128H. The SMILES string of the molecule is c1ccc(-c2ccc(-c3c4nc(c(-c5ccc(-c6ccccc6)cc5-c5ccccc5)c5[nH]c(c(-c6ccc(-c7ccccc7)cc6-c6ccccc6)c6nc(c(-c7ccc(-c8ccccc8)cc7-c7ccccc7)c7[nH]c3c3cc8ccccc8cc73)-c3cc7ccccc7cc3-6)c3cc6ccccc6cc53)-c3cc5ccccc5cc3-4)c(-c3ccccc3)c2)cc1. The van der Waals surface area contributed by atoms with Crippen LogP contribution in [0.2, 0.25) is 0 Å². The summed E-state index contributed by atoms with van der Waals surface area (Å²) in [6, 6.07) is 171. The second-order valence-corrected chi connectivity index (χ2v) is 33.8. The van der Waals surface area contributed by atoms with Crippen LogP contribution in [0.25, 0.3) is 265 Å². The lowest BCUT2D eigenvalue weighted by Gasteiger charge is -2.16. The third-order valence-corrected chi connectivity index (χ3v) is 26.5. The lowest BCUT2D eigenvalue weighted by atomic mass is 9.86. The van der Waals surface area contributed by atoms with Gasteiger partial charge in [0, 0.05) is 66.1 Å². The maximum absolute atomic E-state index is 6.78. The quantitative estimate of drug-likeness (QED) is 0.128. The van der Waals surface area contributed by atoms with Gasteiger partial charge in [-0.15, -0.1) is 0 Å².